The van der Waals surface area contributed by atoms with Gasteiger partial charge in [-0.25, -0.2) is 0 Å². The molecule has 0 spiro atoms. The van der Waals surface area contributed by atoms with Crippen LogP contribution in [0.2, 0.25) is 0 Å². The highest BCUT2D eigenvalue weighted by molar-refractivity contribution is 7.45. The number of allylic oxidation sites excluding steroid dienone is 32. The fourth-order valence-electron chi connectivity index (χ4n) is 9.51. The number of hydrogen-bond donors (Lipinski definition) is 0. The number of phosphoric ester groups is 1. The zero-order valence-corrected chi connectivity index (χ0v) is 61.2. The topological polar surface area (TPSA) is 111 Å². The van der Waals surface area contributed by atoms with Crippen LogP contribution in [0, 0.1) is 0 Å². The molecule has 9 nitrogen and oxygen atoms in total. The van der Waals surface area contributed by atoms with Crippen molar-refractivity contribution in [2.75, 3.05) is 47.5 Å². The minimum absolute atomic E-state index is 0.0437. The van der Waals surface area contributed by atoms with Crippen LogP contribution in [0.4, 0.5) is 0 Å². The summed E-state index contributed by atoms with van der Waals surface area (Å²) >= 11 is 0. The highest BCUT2D eigenvalue weighted by atomic mass is 31.2. The van der Waals surface area contributed by atoms with Crippen LogP contribution in [-0.2, 0) is 32.7 Å². The molecule has 0 saturated carbocycles. The van der Waals surface area contributed by atoms with Crippen LogP contribution in [0.1, 0.15) is 271 Å². The lowest BCUT2D eigenvalue weighted by Gasteiger charge is -2.28. The third-order valence-corrected chi connectivity index (χ3v) is 16.1. The number of rotatable bonds is 66. The number of hydrogen-bond acceptors (Lipinski definition) is 8. The summed E-state index contributed by atoms with van der Waals surface area (Å²) in [6.45, 7) is 3.98. The van der Waals surface area contributed by atoms with Crippen LogP contribution in [-0.4, -0.2) is 70.0 Å². The number of quaternary nitrogens is 1. The van der Waals surface area contributed by atoms with E-state index < -0.39 is 32.5 Å². The van der Waals surface area contributed by atoms with Crippen LogP contribution in [0.3, 0.4) is 0 Å². The first-order chi connectivity index (χ1) is 46.0. The van der Waals surface area contributed by atoms with E-state index in [0.29, 0.717) is 17.4 Å². The van der Waals surface area contributed by atoms with E-state index in [9.17, 15) is 19.0 Å². The van der Waals surface area contributed by atoms with Gasteiger partial charge in [0.1, 0.15) is 19.8 Å². The van der Waals surface area contributed by atoms with Gasteiger partial charge in [-0.15, -0.1) is 0 Å². The molecule has 0 radical (unpaired) electrons. The first kappa shape index (κ1) is 88.8. The average molecular weight is 1320 g/mol. The third kappa shape index (κ3) is 75.9. The largest absolute Gasteiger partial charge is 0.756 e. The first-order valence-corrected chi connectivity index (χ1v) is 38.6. The Balaban J connectivity index is 4.13. The molecule has 0 aliphatic heterocycles. The normalized spacial score (nSPS) is 14.2. The molecule has 94 heavy (non-hydrogen) atoms. The van der Waals surface area contributed by atoms with Gasteiger partial charge in [-0.3, -0.25) is 14.2 Å². The van der Waals surface area contributed by atoms with Crippen molar-refractivity contribution >= 4 is 19.8 Å². The number of ether oxygens (including phenoxy) is 2. The Hall–Kier alpha value is -5.15. The average Bonchev–Trinajstić information content (AvgIpc) is 1.56. The van der Waals surface area contributed by atoms with E-state index in [-0.39, 0.29) is 26.1 Å². The van der Waals surface area contributed by atoms with Gasteiger partial charge in [-0.05, 0) is 141 Å². The van der Waals surface area contributed by atoms with Crippen LogP contribution in [0.25, 0.3) is 0 Å². The highest BCUT2D eigenvalue weighted by Gasteiger charge is 2.22. The maximum atomic E-state index is 12.9. The van der Waals surface area contributed by atoms with E-state index in [1.807, 2.05) is 21.1 Å². The highest BCUT2D eigenvalue weighted by Crippen LogP contribution is 2.38. The van der Waals surface area contributed by atoms with Gasteiger partial charge in [0.25, 0.3) is 7.82 Å². The molecule has 530 valence electrons. The van der Waals surface area contributed by atoms with Crippen molar-refractivity contribution in [1.29, 1.82) is 0 Å². The number of nitrogens with zero attached hydrogens (tertiary/aromatic N) is 1. The number of carbonyl (C=O) groups is 2. The lowest BCUT2D eigenvalue weighted by atomic mass is 10.0. The lowest BCUT2D eigenvalue weighted by molar-refractivity contribution is -0.870. The Morgan fingerprint density at radius 3 is 0.851 bits per heavy atom. The molecule has 0 aromatic heterocycles. The van der Waals surface area contributed by atoms with Gasteiger partial charge in [-0.1, -0.05) is 311 Å². The molecular weight excluding hydrogens is 1180 g/mol. The Kier molecular flexibility index (Phi) is 68.2. The molecule has 0 rings (SSSR count). The van der Waals surface area contributed by atoms with E-state index in [2.05, 4.69) is 208 Å². The number of likely N-dealkylation sites (N-methyl/N-ethyl adjacent to an activating group) is 1. The minimum Gasteiger partial charge on any atom is -0.756 e. The Labute approximate surface area is 577 Å². The quantitative estimate of drug-likeness (QED) is 0.0195. The van der Waals surface area contributed by atoms with Crippen LogP contribution < -0.4 is 4.89 Å². The Bertz CT molecular complexity index is 2290. The monoisotopic (exact) mass is 1320 g/mol. The molecule has 0 N–H and O–H groups in total. The summed E-state index contributed by atoms with van der Waals surface area (Å²) < 4.78 is 34.3. The maximum Gasteiger partial charge on any atom is 0.306 e. The van der Waals surface area contributed by atoms with Gasteiger partial charge in [0.05, 0.1) is 27.7 Å². The van der Waals surface area contributed by atoms with Gasteiger partial charge in [-0.2, -0.15) is 0 Å². The Morgan fingerprint density at radius 2 is 0.574 bits per heavy atom. The summed E-state index contributed by atoms with van der Waals surface area (Å²) in [4.78, 5) is 38.1. The summed E-state index contributed by atoms with van der Waals surface area (Å²) in [7, 11) is 1.13. The standard InChI is InChI=1S/C84H136NO8P/c1-6-8-10-12-14-16-18-20-22-24-26-28-30-32-34-36-38-40-41-42-43-45-47-49-51-53-55-57-59-61-63-65-67-69-71-73-75-77-84(87)93-82(81-92-94(88,89)91-79-78-85(3,4)5)80-90-83(86)76-74-72-70-68-66-64-62-60-58-56-54-52-50-48-46-44-39-37-35-33-31-29-27-25-23-21-19-17-15-13-11-9-7-2/h8-11,14-17,20-23,26-29,32-35,38-40,42-44,47,49,53,55,59,61,82H,6-7,12-13,18-19,24-25,30-31,36-37,41,45-46,48,50-52,54,56-58,60,62-81H2,1-5H3/b10-8-,11-9-,16-14-,17-15-,22-20-,23-21-,28-26-,29-27-,34-32-,35-33-,40-38-,43-42-,44-39-,49-47-,55-53-,61-59-. The van der Waals surface area contributed by atoms with Crippen LogP contribution >= 0.6 is 7.82 Å². The maximum absolute atomic E-state index is 12.9. The molecule has 0 heterocycles. The molecule has 0 bridgehead atoms. The van der Waals surface area contributed by atoms with Crippen molar-refractivity contribution in [3.05, 3.63) is 194 Å². The van der Waals surface area contributed by atoms with Gasteiger partial charge in [0, 0.05) is 12.8 Å². The molecule has 0 aliphatic rings. The zero-order valence-electron chi connectivity index (χ0n) is 60.3. The van der Waals surface area contributed by atoms with Crippen molar-refractivity contribution in [3.8, 4) is 0 Å². The van der Waals surface area contributed by atoms with E-state index in [0.717, 1.165) is 167 Å². The van der Waals surface area contributed by atoms with Crippen molar-refractivity contribution in [2.45, 2.75) is 277 Å². The van der Waals surface area contributed by atoms with E-state index in [1.165, 1.54) is 70.6 Å². The molecule has 0 saturated heterocycles. The van der Waals surface area contributed by atoms with Gasteiger partial charge in [0.2, 0.25) is 0 Å². The molecule has 10 heteroatoms. The fourth-order valence-corrected chi connectivity index (χ4v) is 10.2. The molecule has 0 aromatic rings. The van der Waals surface area contributed by atoms with Gasteiger partial charge in [0.15, 0.2) is 6.10 Å². The number of phosphoric acid groups is 1. The van der Waals surface area contributed by atoms with Crippen molar-refractivity contribution in [2.24, 2.45) is 0 Å². The van der Waals surface area contributed by atoms with Crippen molar-refractivity contribution in [3.63, 3.8) is 0 Å². The number of esters is 2. The molecule has 0 aliphatic carbocycles. The minimum atomic E-state index is -4.66. The second-order valence-electron chi connectivity index (χ2n) is 25.2. The summed E-state index contributed by atoms with van der Waals surface area (Å²) in [6.07, 6.45) is 112. The summed E-state index contributed by atoms with van der Waals surface area (Å²) in [5, 5.41) is 0. The van der Waals surface area contributed by atoms with Gasteiger partial charge >= 0.3 is 11.9 Å². The summed E-state index contributed by atoms with van der Waals surface area (Å²) in [5.41, 5.74) is 0. The van der Waals surface area contributed by atoms with Gasteiger partial charge < -0.3 is 27.9 Å². The SMILES string of the molecule is CC/C=C\C/C=C\C/C=C\C/C=C\C/C=C\C/C=C\C/C=C\C/C=C\C/C=C\C/C=C\CCCCCCCCC(=O)OC(COC(=O)CCCCCCCCCCCCCCCC/C=C\C/C=C\C/C=C\C/C=C\C/C=C\C/C=C\CC)COP(=O)([O-])OCC[N+](C)(C)C. The lowest BCUT2D eigenvalue weighted by Crippen LogP contribution is -2.37. The Morgan fingerprint density at radius 1 is 0.330 bits per heavy atom. The number of carbonyl (C=O) groups excluding carboxylic acids is 2. The zero-order chi connectivity index (χ0) is 68.3. The molecule has 2 atom stereocenters. The summed E-state index contributed by atoms with van der Waals surface area (Å²) in [6, 6.07) is 0. The predicted molar refractivity (Wildman–Crippen MR) is 406 cm³/mol. The molecule has 0 aromatic carbocycles. The van der Waals surface area contributed by atoms with E-state index in [4.69, 9.17) is 18.5 Å². The second-order valence-corrected chi connectivity index (χ2v) is 26.6. The van der Waals surface area contributed by atoms with E-state index in [1.54, 1.807) is 0 Å². The number of unbranched alkanes of at least 4 members (excludes halogenated alkanes) is 20. The van der Waals surface area contributed by atoms with Crippen molar-refractivity contribution in [1.82, 2.24) is 0 Å². The van der Waals surface area contributed by atoms with Crippen molar-refractivity contribution < 1.29 is 42.1 Å². The van der Waals surface area contributed by atoms with Crippen LogP contribution in [0.5, 0.6) is 0 Å². The fraction of sp³-hybridized carbons (Fsp3) is 0.595. The second kappa shape index (κ2) is 72.1. The van der Waals surface area contributed by atoms with E-state index >= 15 is 0 Å². The smallest absolute Gasteiger partial charge is 0.306 e. The predicted octanol–water partition coefficient (Wildman–Crippen LogP) is 24.2. The summed E-state index contributed by atoms with van der Waals surface area (Å²) in [5.74, 6) is -0.860. The third-order valence-electron chi connectivity index (χ3n) is 15.1. The molecule has 0 amide bonds. The van der Waals surface area contributed by atoms with Crippen LogP contribution in [0.15, 0.2) is 194 Å². The molecular formula is C84H136NO8P. The molecule has 2 unspecified atom stereocenters. The first-order valence-electron chi connectivity index (χ1n) is 37.1. The molecule has 0 fully saturated rings.